The molecule has 2 unspecified atom stereocenters. The van der Waals surface area contributed by atoms with Crippen molar-refractivity contribution in [2.75, 3.05) is 20.1 Å². The van der Waals surface area contributed by atoms with Crippen LogP contribution in [-0.4, -0.2) is 41.9 Å². The molecule has 4 atom stereocenters. The van der Waals surface area contributed by atoms with Crippen LogP contribution in [0.25, 0.3) is 0 Å². The van der Waals surface area contributed by atoms with Gasteiger partial charge in [0.05, 0.1) is 0 Å². The van der Waals surface area contributed by atoms with Crippen LogP contribution in [0.1, 0.15) is 44.1 Å². The first-order chi connectivity index (χ1) is 12.1. The number of nitrogens with zero attached hydrogens (tertiary/aromatic N) is 2. The van der Waals surface area contributed by atoms with Crippen LogP contribution < -0.4 is 0 Å². The summed E-state index contributed by atoms with van der Waals surface area (Å²) >= 11 is 0. The summed E-state index contributed by atoms with van der Waals surface area (Å²) in [5.41, 5.74) is 0.750. The number of halogens is 1. The van der Waals surface area contributed by atoms with Crippen molar-refractivity contribution in [1.29, 1.82) is 0 Å². The van der Waals surface area contributed by atoms with Gasteiger partial charge in [0.2, 0.25) is 5.91 Å². The lowest BCUT2D eigenvalue weighted by atomic mass is 9.96. The van der Waals surface area contributed by atoms with Gasteiger partial charge in [0, 0.05) is 44.2 Å². The van der Waals surface area contributed by atoms with Crippen LogP contribution in [-0.2, 0) is 11.3 Å². The molecule has 2 saturated carbocycles. The lowest BCUT2D eigenvalue weighted by Gasteiger charge is -2.29. The first-order valence-corrected chi connectivity index (χ1v) is 9.84. The highest BCUT2D eigenvalue weighted by Crippen LogP contribution is 2.49. The second kappa shape index (κ2) is 7.06. The van der Waals surface area contributed by atoms with Gasteiger partial charge in [-0.15, -0.1) is 0 Å². The SMILES string of the molecule is CN(C(=O)C1CC[C@@H]2C[C@@H]2CC1)C1CCN(Cc2ccccc2F)C1. The van der Waals surface area contributed by atoms with E-state index in [0.717, 1.165) is 49.8 Å². The average Bonchev–Trinajstić information content (AvgIpc) is 3.25. The molecule has 4 heteroatoms. The van der Waals surface area contributed by atoms with Crippen LogP contribution in [0.4, 0.5) is 4.39 Å². The van der Waals surface area contributed by atoms with Gasteiger partial charge in [0.1, 0.15) is 5.82 Å². The largest absolute Gasteiger partial charge is 0.341 e. The van der Waals surface area contributed by atoms with E-state index in [-0.39, 0.29) is 17.8 Å². The molecule has 4 rings (SSSR count). The van der Waals surface area contributed by atoms with Crippen LogP contribution in [0.15, 0.2) is 24.3 Å². The molecule has 1 aliphatic heterocycles. The van der Waals surface area contributed by atoms with E-state index in [9.17, 15) is 9.18 Å². The predicted molar refractivity (Wildman–Crippen MR) is 96.4 cm³/mol. The molecule has 3 nitrogen and oxygen atoms in total. The minimum Gasteiger partial charge on any atom is -0.341 e. The maximum atomic E-state index is 13.9. The van der Waals surface area contributed by atoms with Crippen molar-refractivity contribution in [2.45, 2.75) is 51.1 Å². The number of carbonyl (C=O) groups excluding carboxylic acids is 1. The summed E-state index contributed by atoms with van der Waals surface area (Å²) in [5.74, 6) is 2.29. The lowest BCUT2D eigenvalue weighted by molar-refractivity contribution is -0.136. The molecule has 0 spiro atoms. The second-order valence-electron chi connectivity index (χ2n) is 8.33. The zero-order valence-corrected chi connectivity index (χ0v) is 15.2. The van der Waals surface area contributed by atoms with Gasteiger partial charge in [0.25, 0.3) is 0 Å². The Bertz CT molecular complexity index is 622. The summed E-state index contributed by atoms with van der Waals surface area (Å²) in [6.07, 6.45) is 7.06. The van der Waals surface area contributed by atoms with Gasteiger partial charge >= 0.3 is 0 Å². The van der Waals surface area contributed by atoms with Gasteiger partial charge in [-0.3, -0.25) is 9.69 Å². The van der Waals surface area contributed by atoms with E-state index in [1.807, 2.05) is 24.1 Å². The molecule has 0 aromatic heterocycles. The molecule has 2 aliphatic carbocycles. The molecule has 0 N–H and O–H groups in total. The Hall–Kier alpha value is -1.42. The molecular weight excluding hydrogens is 315 g/mol. The van der Waals surface area contributed by atoms with E-state index in [2.05, 4.69) is 4.90 Å². The van der Waals surface area contributed by atoms with Crippen molar-refractivity contribution in [3.8, 4) is 0 Å². The van der Waals surface area contributed by atoms with Crippen molar-refractivity contribution in [3.05, 3.63) is 35.6 Å². The first-order valence-electron chi connectivity index (χ1n) is 9.84. The maximum absolute atomic E-state index is 13.9. The molecule has 0 radical (unpaired) electrons. The van der Waals surface area contributed by atoms with E-state index >= 15 is 0 Å². The number of likely N-dealkylation sites (tertiary alicyclic amines) is 1. The number of rotatable bonds is 4. The molecule has 1 saturated heterocycles. The van der Waals surface area contributed by atoms with Crippen LogP contribution in [0, 0.1) is 23.6 Å². The van der Waals surface area contributed by atoms with Gasteiger partial charge in [-0.05, 0) is 56.4 Å². The van der Waals surface area contributed by atoms with Gasteiger partial charge in [-0.2, -0.15) is 0 Å². The Labute approximate surface area is 150 Å². The molecular formula is C21H29FN2O. The van der Waals surface area contributed by atoms with E-state index in [1.54, 1.807) is 6.07 Å². The number of hydrogen-bond acceptors (Lipinski definition) is 2. The highest BCUT2D eigenvalue weighted by molar-refractivity contribution is 5.79. The van der Waals surface area contributed by atoms with Gasteiger partial charge in [0.15, 0.2) is 0 Å². The van der Waals surface area contributed by atoms with Gasteiger partial charge < -0.3 is 4.90 Å². The first kappa shape index (κ1) is 17.0. The Kier molecular flexibility index (Phi) is 4.81. The van der Waals surface area contributed by atoms with Crippen LogP contribution in [0.2, 0.25) is 0 Å². The summed E-state index contributed by atoms with van der Waals surface area (Å²) < 4.78 is 13.9. The molecule has 25 heavy (non-hydrogen) atoms. The highest BCUT2D eigenvalue weighted by atomic mass is 19.1. The predicted octanol–water partition coefficient (Wildman–Crippen LogP) is 3.68. The fourth-order valence-corrected chi connectivity index (χ4v) is 4.85. The van der Waals surface area contributed by atoms with E-state index in [1.165, 1.54) is 25.3 Å². The molecule has 1 heterocycles. The molecule has 1 aromatic rings. The summed E-state index contributed by atoms with van der Waals surface area (Å²) in [5, 5.41) is 0. The Balaban J connectivity index is 1.31. The summed E-state index contributed by atoms with van der Waals surface area (Å²) in [6.45, 7) is 2.43. The number of fused-ring (bicyclic) bond motifs is 1. The summed E-state index contributed by atoms with van der Waals surface area (Å²) in [6, 6.07) is 7.27. The number of carbonyl (C=O) groups is 1. The minimum atomic E-state index is -0.132. The van der Waals surface area contributed by atoms with Crippen molar-refractivity contribution in [3.63, 3.8) is 0 Å². The fourth-order valence-electron chi connectivity index (χ4n) is 4.85. The molecule has 136 valence electrons. The van der Waals surface area contributed by atoms with Crippen LogP contribution in [0.5, 0.6) is 0 Å². The Morgan fingerprint density at radius 2 is 1.88 bits per heavy atom. The van der Waals surface area contributed by atoms with Crippen LogP contribution >= 0.6 is 0 Å². The topological polar surface area (TPSA) is 23.6 Å². The number of likely N-dealkylation sites (N-methyl/N-ethyl adjacent to an activating group) is 1. The maximum Gasteiger partial charge on any atom is 0.225 e. The molecule has 1 amide bonds. The number of hydrogen-bond donors (Lipinski definition) is 0. The quantitative estimate of drug-likeness (QED) is 0.832. The van der Waals surface area contributed by atoms with E-state index in [0.29, 0.717) is 12.5 Å². The highest BCUT2D eigenvalue weighted by Gasteiger charge is 2.41. The Morgan fingerprint density at radius 3 is 2.60 bits per heavy atom. The monoisotopic (exact) mass is 344 g/mol. The Morgan fingerprint density at radius 1 is 1.16 bits per heavy atom. The minimum absolute atomic E-state index is 0.132. The standard InChI is InChI=1S/C21H29FN2O/c1-23(21(25)15-6-8-16-12-17(16)9-7-15)19-10-11-24(14-19)13-18-4-2-3-5-20(18)22/h2-5,15-17,19H,6-14H2,1H3/t15?,16-,17+,19?. The smallest absolute Gasteiger partial charge is 0.225 e. The fraction of sp³-hybridized carbons (Fsp3) is 0.667. The lowest BCUT2D eigenvalue weighted by Crippen LogP contribution is -2.42. The number of amides is 1. The zero-order valence-electron chi connectivity index (χ0n) is 15.2. The van der Waals surface area contributed by atoms with Crippen LogP contribution in [0.3, 0.4) is 0 Å². The second-order valence-corrected chi connectivity index (χ2v) is 8.33. The third-order valence-corrected chi connectivity index (χ3v) is 6.68. The normalized spacial score (nSPS) is 32.1. The van der Waals surface area contributed by atoms with Crippen molar-refractivity contribution < 1.29 is 9.18 Å². The molecule has 0 bridgehead atoms. The third kappa shape index (κ3) is 3.74. The van der Waals surface area contributed by atoms with E-state index in [4.69, 9.17) is 0 Å². The van der Waals surface area contributed by atoms with Crippen molar-refractivity contribution >= 4 is 5.91 Å². The van der Waals surface area contributed by atoms with Gasteiger partial charge in [-0.1, -0.05) is 18.2 Å². The molecule has 3 aliphatic rings. The summed E-state index contributed by atoms with van der Waals surface area (Å²) in [4.78, 5) is 17.2. The zero-order chi connectivity index (χ0) is 17.4. The van der Waals surface area contributed by atoms with Crippen molar-refractivity contribution in [2.24, 2.45) is 17.8 Å². The molecule has 1 aromatic carbocycles. The third-order valence-electron chi connectivity index (χ3n) is 6.68. The van der Waals surface area contributed by atoms with Crippen molar-refractivity contribution in [1.82, 2.24) is 9.80 Å². The number of benzene rings is 1. The summed E-state index contributed by atoms with van der Waals surface area (Å²) in [7, 11) is 1.98. The molecule has 3 fully saturated rings. The van der Waals surface area contributed by atoms with E-state index < -0.39 is 0 Å². The average molecular weight is 344 g/mol. The van der Waals surface area contributed by atoms with Gasteiger partial charge in [-0.25, -0.2) is 4.39 Å².